The number of fused-ring (bicyclic) bond motifs is 2. The van der Waals surface area contributed by atoms with Crippen LogP contribution in [0.5, 0.6) is 11.5 Å². The van der Waals surface area contributed by atoms with Gasteiger partial charge in [0.2, 0.25) is 0 Å². The van der Waals surface area contributed by atoms with Crippen molar-refractivity contribution in [2.75, 3.05) is 51.4 Å². The molecule has 0 unspecified atom stereocenters. The number of nitrogens with two attached hydrogens (primary N) is 1. The molecule has 4 aromatic heterocycles. The highest BCUT2D eigenvalue weighted by Gasteiger charge is 2.35. The molecule has 0 radical (unpaired) electrons. The Hall–Kier alpha value is -7.86. The fraction of sp³-hybridized carbons (Fsp3) is 0.440. The van der Waals surface area contributed by atoms with Gasteiger partial charge in [-0.2, -0.15) is 36.5 Å². The zero-order valence-corrected chi connectivity index (χ0v) is 42.4. The molecule has 2 aliphatic heterocycles. The average molecular weight is 1060 g/mol. The van der Waals surface area contributed by atoms with E-state index in [1.165, 1.54) is 13.2 Å². The second-order valence-electron chi connectivity index (χ2n) is 19.5. The summed E-state index contributed by atoms with van der Waals surface area (Å²) in [6.07, 6.45) is -2.93. The first kappa shape index (κ1) is 56.4. The Morgan fingerprint density at radius 2 is 1.04 bits per heavy atom. The number of likely N-dealkylation sites (tertiary alicyclic amines) is 2. The monoisotopic (exact) mass is 1060 g/mol. The molecule has 0 spiro atoms. The Labute approximate surface area is 426 Å². The summed E-state index contributed by atoms with van der Waals surface area (Å²) < 4.78 is 100. The number of methoxy groups -OCH3 is 2. The number of alkyl halides is 6. The molecule has 8 rings (SSSR count). The number of carboxylic acids is 1. The van der Waals surface area contributed by atoms with E-state index in [0.717, 1.165) is 48.0 Å². The maximum Gasteiger partial charge on any atom is 0.433 e. The third kappa shape index (κ3) is 15.1. The van der Waals surface area contributed by atoms with Crippen LogP contribution in [0.15, 0.2) is 73.1 Å². The molecule has 6 aromatic rings. The van der Waals surface area contributed by atoms with Gasteiger partial charge in [-0.05, 0) is 104 Å². The van der Waals surface area contributed by atoms with E-state index in [-0.39, 0.29) is 35.7 Å². The Kier molecular flexibility index (Phi) is 17.1. The van der Waals surface area contributed by atoms with Crippen LogP contribution in [0.1, 0.15) is 112 Å². The quantitative estimate of drug-likeness (QED) is 0.0998. The first-order chi connectivity index (χ1) is 35.0. The molecule has 0 atom stereocenters. The van der Waals surface area contributed by atoms with Crippen molar-refractivity contribution in [1.29, 1.82) is 0 Å². The number of nitrogens with zero attached hydrogens (tertiary/aromatic N) is 8. The zero-order valence-electron chi connectivity index (χ0n) is 42.4. The lowest BCUT2D eigenvalue weighted by Crippen LogP contribution is -2.42. The Morgan fingerprint density at radius 3 is 1.45 bits per heavy atom. The highest BCUT2D eigenvalue weighted by Crippen LogP contribution is 2.34. The molecule has 4 N–H and O–H groups in total. The third-order valence-corrected chi connectivity index (χ3v) is 11.5. The molecule has 25 heteroatoms. The van der Waals surface area contributed by atoms with Crippen LogP contribution < -0.4 is 20.5 Å². The smallest absolute Gasteiger partial charge is 0.433 e. The van der Waals surface area contributed by atoms with Gasteiger partial charge in [0.15, 0.2) is 0 Å². The van der Waals surface area contributed by atoms with Gasteiger partial charge in [0.05, 0.1) is 48.7 Å². The summed E-state index contributed by atoms with van der Waals surface area (Å²) in [7, 11) is 3.02. The molecule has 2 aliphatic rings. The Morgan fingerprint density at radius 1 is 0.627 bits per heavy atom. The number of aromatic nitrogens is 6. The minimum Gasteiger partial charge on any atom is -0.495 e. The molecule has 6 heterocycles. The van der Waals surface area contributed by atoms with Gasteiger partial charge in [-0.3, -0.25) is 14.2 Å². The van der Waals surface area contributed by atoms with Crippen molar-refractivity contribution in [3.05, 3.63) is 95.8 Å². The first-order valence-electron chi connectivity index (χ1n) is 23.5. The molecule has 0 aliphatic carbocycles. The third-order valence-electron chi connectivity index (χ3n) is 11.5. The van der Waals surface area contributed by atoms with Crippen molar-refractivity contribution < 1.29 is 69.6 Å². The molecular weight excluding hydrogens is 999 g/mol. The minimum absolute atomic E-state index is 0.0597. The molecule has 2 aromatic carbocycles. The van der Waals surface area contributed by atoms with Crippen LogP contribution >= 0.6 is 0 Å². The zero-order chi connectivity index (χ0) is 55.2. The number of amides is 3. The summed E-state index contributed by atoms with van der Waals surface area (Å²) in [5.74, 6) is -1.34. The number of hydrogen-bond acceptors (Lipinski definition) is 13. The van der Waals surface area contributed by atoms with E-state index in [9.17, 15) is 45.5 Å². The maximum atomic E-state index is 13.0. The topological polar surface area (TPSA) is 231 Å². The molecule has 404 valence electrons. The lowest BCUT2D eigenvalue weighted by molar-refractivity contribution is -0.142. The standard InChI is InChI=1S/C25H28F3N5O4.C18H26N4O3.C7H4F3NO2/c1-24(2,3)37-23(35)32-10-8-16(9-11-32)33-14-15-12-19(20(36-4)13-18(15)31-33)30-22(34)17-6-5-7-21(29-17)25(26,27)28;1-18(2,3)25-17(23)21-7-5-13(6-8-21)22-11-12-9-14(19)16(24-4)10-15(12)20-22;8-7(9,10)5-3-1-2-4(11-5)6(12)13/h5-7,12-14,16H,8-11H2,1-4H3,(H,30,34);9-11,13H,5-8,19H2,1-4H3;1-3H,(H,12,13). The average Bonchev–Trinajstić information content (AvgIpc) is 3.96. The van der Waals surface area contributed by atoms with Crippen molar-refractivity contribution in [2.45, 2.75) is 103 Å². The normalized spacial score (nSPS) is 14.8. The molecule has 2 saturated heterocycles. The number of carbonyl (C=O) groups is 4. The van der Waals surface area contributed by atoms with Gasteiger partial charge >= 0.3 is 30.5 Å². The number of rotatable bonds is 7. The Bertz CT molecular complexity index is 3000. The summed E-state index contributed by atoms with van der Waals surface area (Å²) in [6.45, 7) is 13.5. The number of hydrogen-bond donors (Lipinski definition) is 3. The lowest BCUT2D eigenvalue weighted by atomic mass is 10.1. The second kappa shape index (κ2) is 22.7. The summed E-state index contributed by atoms with van der Waals surface area (Å²) in [5, 5.41) is 21.9. The van der Waals surface area contributed by atoms with E-state index in [2.05, 4.69) is 25.5 Å². The van der Waals surface area contributed by atoms with Crippen LogP contribution in [0, 0.1) is 0 Å². The fourth-order valence-electron chi connectivity index (χ4n) is 7.87. The van der Waals surface area contributed by atoms with Crippen LogP contribution in [0.3, 0.4) is 0 Å². The summed E-state index contributed by atoms with van der Waals surface area (Å²) in [6, 6.07) is 13.2. The molecular formula is C50H58F6N10O9. The number of halogens is 6. The Balaban J connectivity index is 0.000000206. The number of pyridine rings is 2. The van der Waals surface area contributed by atoms with Gasteiger partial charge in [-0.1, -0.05) is 12.1 Å². The lowest BCUT2D eigenvalue weighted by Gasteiger charge is -2.33. The van der Waals surface area contributed by atoms with Gasteiger partial charge in [0.25, 0.3) is 5.91 Å². The molecule has 2 fully saturated rings. The van der Waals surface area contributed by atoms with Crippen LogP contribution in [-0.4, -0.2) is 120 Å². The summed E-state index contributed by atoms with van der Waals surface area (Å²) >= 11 is 0. The number of anilines is 2. The molecule has 19 nitrogen and oxygen atoms in total. The predicted octanol–water partition coefficient (Wildman–Crippen LogP) is 10.3. The predicted molar refractivity (Wildman–Crippen MR) is 263 cm³/mol. The van der Waals surface area contributed by atoms with Crippen molar-refractivity contribution in [3.63, 3.8) is 0 Å². The molecule has 3 amide bonds. The fourth-order valence-corrected chi connectivity index (χ4v) is 7.87. The SMILES string of the molecule is COc1cc2nn(C3CCN(C(=O)OC(C)(C)C)CC3)cc2cc1N.COc1cc2nn(C3CCN(C(=O)OC(C)(C)C)CC3)cc2cc1NC(=O)c1cccc(C(F)(F)F)n1.O=C(O)c1cccc(C(F)(F)F)n1. The minimum atomic E-state index is -4.66. The largest absolute Gasteiger partial charge is 0.495 e. The molecule has 0 saturated carbocycles. The van der Waals surface area contributed by atoms with Gasteiger partial charge in [0, 0.05) is 61.5 Å². The van der Waals surface area contributed by atoms with Gasteiger partial charge in [0.1, 0.15) is 45.5 Å². The number of aromatic carboxylic acids is 1. The summed E-state index contributed by atoms with van der Waals surface area (Å²) in [5.41, 5.74) is 3.97. The summed E-state index contributed by atoms with van der Waals surface area (Å²) in [4.78, 5) is 57.2. The van der Waals surface area contributed by atoms with Crippen LogP contribution in [0.25, 0.3) is 21.8 Å². The number of carbonyl (C=O) groups excluding carboxylic acids is 3. The van der Waals surface area contributed by atoms with E-state index >= 15 is 0 Å². The van der Waals surface area contributed by atoms with Crippen LogP contribution in [0.4, 0.5) is 47.3 Å². The van der Waals surface area contributed by atoms with Crippen molar-refractivity contribution in [2.24, 2.45) is 0 Å². The van der Waals surface area contributed by atoms with E-state index in [0.29, 0.717) is 73.2 Å². The van der Waals surface area contributed by atoms with Crippen molar-refractivity contribution in [3.8, 4) is 11.5 Å². The first-order valence-corrected chi connectivity index (χ1v) is 23.5. The highest BCUT2D eigenvalue weighted by atomic mass is 19.4. The molecule has 0 bridgehead atoms. The molecule has 75 heavy (non-hydrogen) atoms. The maximum absolute atomic E-state index is 13.0. The van der Waals surface area contributed by atoms with Gasteiger partial charge in [-0.25, -0.2) is 24.4 Å². The van der Waals surface area contributed by atoms with E-state index in [1.807, 2.05) is 75.4 Å². The number of nitrogens with one attached hydrogen (secondary N) is 1. The second-order valence-corrected chi connectivity index (χ2v) is 19.5. The van der Waals surface area contributed by atoms with E-state index in [4.69, 9.17) is 29.8 Å². The van der Waals surface area contributed by atoms with Crippen LogP contribution in [-0.2, 0) is 21.8 Å². The number of carboxylic acid groups (broad SMARTS) is 1. The van der Waals surface area contributed by atoms with Crippen LogP contribution in [0.2, 0.25) is 0 Å². The number of nitrogen functional groups attached to an aromatic ring is 1. The van der Waals surface area contributed by atoms with Gasteiger partial charge < -0.3 is 44.9 Å². The highest BCUT2D eigenvalue weighted by molar-refractivity contribution is 6.05. The number of ether oxygens (including phenoxy) is 4. The van der Waals surface area contributed by atoms with E-state index in [1.54, 1.807) is 29.0 Å². The number of benzene rings is 2. The van der Waals surface area contributed by atoms with Crippen molar-refractivity contribution >= 4 is 57.2 Å². The van der Waals surface area contributed by atoms with Crippen molar-refractivity contribution in [1.82, 2.24) is 39.3 Å². The van der Waals surface area contributed by atoms with Gasteiger partial charge in [-0.15, -0.1) is 0 Å². The number of piperidine rings is 2. The van der Waals surface area contributed by atoms with E-state index < -0.39 is 52.5 Å².